The van der Waals surface area contributed by atoms with Crippen LogP contribution in [0.1, 0.15) is 6.92 Å². The lowest BCUT2D eigenvalue weighted by Gasteiger charge is -2.21. The first-order valence-corrected chi connectivity index (χ1v) is 3.82. The molecule has 0 saturated carbocycles. The minimum Gasteiger partial charge on any atom is -0.278 e. The minimum absolute atomic E-state index is 0.923. The van der Waals surface area contributed by atoms with Gasteiger partial charge in [0.25, 0.3) is 0 Å². The monoisotopic (exact) mass is 153 g/mol. The molecule has 3 heteroatoms. The SMILES string of the molecule is C=CN1CN(CC)CN1C=C. The van der Waals surface area contributed by atoms with Gasteiger partial charge < -0.3 is 0 Å². The summed E-state index contributed by atoms with van der Waals surface area (Å²) in [4.78, 5) is 2.30. The van der Waals surface area contributed by atoms with Crippen molar-refractivity contribution >= 4 is 0 Å². The Bertz CT molecular complexity index is 139. The van der Waals surface area contributed by atoms with E-state index in [9.17, 15) is 0 Å². The lowest BCUT2D eigenvalue weighted by Crippen LogP contribution is -2.26. The molecule has 3 nitrogen and oxygen atoms in total. The topological polar surface area (TPSA) is 9.72 Å². The van der Waals surface area contributed by atoms with E-state index in [0.717, 1.165) is 19.9 Å². The first kappa shape index (κ1) is 8.14. The van der Waals surface area contributed by atoms with Crippen molar-refractivity contribution in [2.45, 2.75) is 6.92 Å². The summed E-state index contributed by atoms with van der Waals surface area (Å²) in [5, 5.41) is 4.08. The first-order valence-electron chi connectivity index (χ1n) is 3.82. The average molecular weight is 153 g/mol. The summed E-state index contributed by atoms with van der Waals surface area (Å²) in [6, 6.07) is 0. The molecule has 1 aliphatic heterocycles. The average Bonchev–Trinajstić information content (AvgIpc) is 2.46. The van der Waals surface area contributed by atoms with Gasteiger partial charge in [-0.05, 0) is 6.54 Å². The third kappa shape index (κ3) is 1.54. The molecule has 1 saturated heterocycles. The Morgan fingerprint density at radius 2 is 1.64 bits per heavy atom. The van der Waals surface area contributed by atoms with Gasteiger partial charge in [0.2, 0.25) is 0 Å². The molecular formula is C8H15N3. The van der Waals surface area contributed by atoms with Gasteiger partial charge in [0, 0.05) is 12.4 Å². The van der Waals surface area contributed by atoms with E-state index in [2.05, 4.69) is 25.0 Å². The maximum absolute atomic E-state index is 3.72. The smallest absolute Gasteiger partial charge is 0.0923 e. The largest absolute Gasteiger partial charge is 0.278 e. The van der Waals surface area contributed by atoms with Crippen molar-refractivity contribution in [1.29, 1.82) is 0 Å². The summed E-state index contributed by atoms with van der Waals surface area (Å²) >= 11 is 0. The van der Waals surface area contributed by atoms with Crippen LogP contribution in [0.5, 0.6) is 0 Å². The third-order valence-electron chi connectivity index (χ3n) is 1.89. The van der Waals surface area contributed by atoms with E-state index in [1.165, 1.54) is 0 Å². The van der Waals surface area contributed by atoms with Crippen molar-refractivity contribution in [3.8, 4) is 0 Å². The molecule has 1 rings (SSSR count). The van der Waals surface area contributed by atoms with E-state index in [4.69, 9.17) is 0 Å². The molecule has 0 aromatic heterocycles. The molecule has 62 valence electrons. The summed E-state index contributed by atoms with van der Waals surface area (Å²) in [6.07, 6.45) is 3.63. The third-order valence-corrected chi connectivity index (χ3v) is 1.89. The highest BCUT2D eigenvalue weighted by atomic mass is 15.7. The molecule has 0 atom stereocenters. The normalized spacial score (nSPS) is 19.0. The molecule has 1 fully saturated rings. The van der Waals surface area contributed by atoms with Crippen molar-refractivity contribution in [3.63, 3.8) is 0 Å². The van der Waals surface area contributed by atoms with Gasteiger partial charge in [-0.3, -0.25) is 14.9 Å². The van der Waals surface area contributed by atoms with Crippen LogP contribution in [0.3, 0.4) is 0 Å². The van der Waals surface area contributed by atoms with E-state index in [1.807, 2.05) is 22.4 Å². The van der Waals surface area contributed by atoms with Gasteiger partial charge in [-0.15, -0.1) is 0 Å². The van der Waals surface area contributed by atoms with E-state index >= 15 is 0 Å². The van der Waals surface area contributed by atoms with Crippen LogP contribution in [0.25, 0.3) is 0 Å². The number of nitrogens with zero attached hydrogens (tertiary/aromatic N) is 3. The van der Waals surface area contributed by atoms with Crippen LogP contribution in [-0.2, 0) is 0 Å². The van der Waals surface area contributed by atoms with E-state index < -0.39 is 0 Å². The summed E-state index contributed by atoms with van der Waals surface area (Å²) < 4.78 is 0. The van der Waals surface area contributed by atoms with Crippen LogP contribution >= 0.6 is 0 Å². The summed E-state index contributed by atoms with van der Waals surface area (Å²) in [7, 11) is 0. The van der Waals surface area contributed by atoms with Crippen LogP contribution in [-0.4, -0.2) is 34.8 Å². The quantitative estimate of drug-likeness (QED) is 0.600. The molecule has 0 bridgehead atoms. The Morgan fingerprint density at radius 1 is 1.18 bits per heavy atom. The van der Waals surface area contributed by atoms with Crippen LogP contribution in [0.15, 0.2) is 25.6 Å². The molecule has 0 radical (unpaired) electrons. The number of hydrazine groups is 1. The van der Waals surface area contributed by atoms with Gasteiger partial charge in [-0.1, -0.05) is 20.1 Å². The fourth-order valence-electron chi connectivity index (χ4n) is 1.14. The molecule has 0 unspecified atom stereocenters. The zero-order chi connectivity index (χ0) is 8.27. The second kappa shape index (κ2) is 3.44. The highest BCUT2D eigenvalue weighted by molar-refractivity contribution is 4.80. The van der Waals surface area contributed by atoms with Gasteiger partial charge >= 0.3 is 0 Å². The summed E-state index contributed by atoms with van der Waals surface area (Å²) in [5.41, 5.74) is 0. The predicted molar refractivity (Wildman–Crippen MR) is 46.2 cm³/mol. The molecule has 0 aromatic carbocycles. The highest BCUT2D eigenvalue weighted by Crippen LogP contribution is 2.10. The Labute approximate surface area is 68.2 Å². The van der Waals surface area contributed by atoms with Crippen molar-refractivity contribution in [3.05, 3.63) is 25.6 Å². The molecule has 1 aliphatic rings. The zero-order valence-electron chi connectivity index (χ0n) is 7.03. The van der Waals surface area contributed by atoms with Gasteiger partial charge in [0.05, 0.1) is 13.3 Å². The van der Waals surface area contributed by atoms with Crippen molar-refractivity contribution in [2.75, 3.05) is 19.9 Å². The second-order valence-corrected chi connectivity index (χ2v) is 2.51. The van der Waals surface area contributed by atoms with Crippen LogP contribution in [0.2, 0.25) is 0 Å². The van der Waals surface area contributed by atoms with E-state index in [0.29, 0.717) is 0 Å². The van der Waals surface area contributed by atoms with Gasteiger partial charge in [0.15, 0.2) is 0 Å². The number of rotatable bonds is 3. The lowest BCUT2D eigenvalue weighted by molar-refractivity contribution is 0.146. The fraction of sp³-hybridized carbons (Fsp3) is 0.500. The van der Waals surface area contributed by atoms with Crippen LogP contribution in [0, 0.1) is 0 Å². The molecule has 0 N–H and O–H groups in total. The molecule has 1 heterocycles. The van der Waals surface area contributed by atoms with Gasteiger partial charge in [-0.25, -0.2) is 0 Å². The van der Waals surface area contributed by atoms with Crippen molar-refractivity contribution in [1.82, 2.24) is 14.9 Å². The second-order valence-electron chi connectivity index (χ2n) is 2.51. The minimum atomic E-state index is 0.923. The Kier molecular flexibility index (Phi) is 2.54. The van der Waals surface area contributed by atoms with Crippen molar-refractivity contribution in [2.24, 2.45) is 0 Å². The molecule has 0 aliphatic carbocycles. The predicted octanol–water partition coefficient (Wildman–Crippen LogP) is 1.04. The number of hydrogen-bond acceptors (Lipinski definition) is 3. The molecule has 0 spiro atoms. The molecule has 0 amide bonds. The first-order chi connectivity index (χ1) is 5.31. The van der Waals surface area contributed by atoms with E-state index in [1.54, 1.807) is 0 Å². The fourth-order valence-corrected chi connectivity index (χ4v) is 1.14. The van der Waals surface area contributed by atoms with E-state index in [-0.39, 0.29) is 0 Å². The molecule has 11 heavy (non-hydrogen) atoms. The standard InChI is InChI=1S/C8H15N3/c1-4-9-7-10(5-2)11(6-3)8-9/h5-6H,2-4,7-8H2,1H3. The lowest BCUT2D eigenvalue weighted by atomic mass is 10.6. The highest BCUT2D eigenvalue weighted by Gasteiger charge is 2.20. The number of hydrogen-bond donors (Lipinski definition) is 0. The summed E-state index contributed by atoms with van der Waals surface area (Å²) in [6.45, 7) is 12.5. The van der Waals surface area contributed by atoms with Crippen LogP contribution < -0.4 is 0 Å². The van der Waals surface area contributed by atoms with Gasteiger partial charge in [-0.2, -0.15) is 0 Å². The molecule has 0 aromatic rings. The molecular weight excluding hydrogens is 138 g/mol. The van der Waals surface area contributed by atoms with Gasteiger partial charge in [0.1, 0.15) is 0 Å². The Hall–Kier alpha value is -0.960. The maximum Gasteiger partial charge on any atom is 0.0923 e. The Balaban J connectivity index is 2.53. The zero-order valence-corrected chi connectivity index (χ0v) is 7.03. The maximum atomic E-state index is 3.72. The Morgan fingerprint density at radius 3 is 1.91 bits per heavy atom. The van der Waals surface area contributed by atoms with Crippen LogP contribution in [0.4, 0.5) is 0 Å². The van der Waals surface area contributed by atoms with Crippen molar-refractivity contribution < 1.29 is 0 Å². The summed E-state index contributed by atoms with van der Waals surface area (Å²) in [5.74, 6) is 0.